The number of nitrogens with two attached hydrogens (primary N) is 1. The molecule has 0 saturated heterocycles. The molecule has 0 aliphatic carbocycles. The van der Waals surface area contributed by atoms with E-state index < -0.39 is 10.0 Å². The molecule has 2 aromatic carbocycles. The van der Waals surface area contributed by atoms with Crippen LogP contribution in [0.15, 0.2) is 63.8 Å². The Morgan fingerprint density at radius 2 is 1.88 bits per heavy atom. The van der Waals surface area contributed by atoms with Crippen molar-refractivity contribution in [2.75, 3.05) is 0 Å². The Hall–Kier alpha value is -1.64. The van der Waals surface area contributed by atoms with Crippen LogP contribution in [0.1, 0.15) is 6.92 Å². The summed E-state index contributed by atoms with van der Waals surface area (Å²) in [6.07, 6.45) is 0. The maximum atomic E-state index is 11.7. The van der Waals surface area contributed by atoms with E-state index in [2.05, 4.69) is 4.99 Å². The average Bonchev–Trinajstić information content (AvgIpc) is 2.97. The highest BCUT2D eigenvalue weighted by Crippen LogP contribution is 2.28. The summed E-state index contributed by atoms with van der Waals surface area (Å²) in [7, 11) is -3.89. The third-order valence-corrected chi connectivity index (χ3v) is 5.88. The zero-order valence-electron chi connectivity index (χ0n) is 13.8. The summed E-state index contributed by atoms with van der Waals surface area (Å²) in [4.78, 5) is 5.41. The summed E-state index contributed by atoms with van der Waals surface area (Å²) in [5, 5.41) is 7.30. The van der Waals surface area contributed by atoms with Crippen molar-refractivity contribution in [3.8, 4) is 11.3 Å². The summed E-state index contributed by atoms with van der Waals surface area (Å²) in [6.45, 7) is 2.70. The van der Waals surface area contributed by atoms with E-state index in [1.54, 1.807) is 12.1 Å². The molecule has 0 unspecified atom stereocenters. The van der Waals surface area contributed by atoms with Crippen LogP contribution < -0.4 is 9.94 Å². The van der Waals surface area contributed by atoms with Crippen molar-refractivity contribution >= 4 is 51.1 Å². The number of primary sulfonamides is 1. The maximum absolute atomic E-state index is 11.7. The number of sulfonamides is 1. The van der Waals surface area contributed by atoms with E-state index in [0.29, 0.717) is 6.54 Å². The summed E-state index contributed by atoms with van der Waals surface area (Å²) < 4.78 is 25.4. The van der Waals surface area contributed by atoms with E-state index in [1.807, 2.05) is 47.2 Å². The molecule has 5 nitrogen and oxygen atoms in total. The first-order valence-electron chi connectivity index (χ1n) is 7.51. The number of hydrogen-bond acceptors (Lipinski definition) is 4. The molecule has 138 valence electrons. The van der Waals surface area contributed by atoms with Gasteiger partial charge in [0.1, 0.15) is 4.90 Å². The Bertz CT molecular complexity index is 1070. The number of thiazole rings is 1. The summed E-state index contributed by atoms with van der Waals surface area (Å²) in [5.41, 5.74) is 2.45. The van der Waals surface area contributed by atoms with Gasteiger partial charge in [0.05, 0.1) is 16.4 Å². The molecule has 0 aliphatic rings. The highest BCUT2D eigenvalue weighted by Gasteiger charge is 2.16. The second-order valence-electron chi connectivity index (χ2n) is 5.29. The molecule has 0 amide bonds. The second-order valence-corrected chi connectivity index (χ2v) is 8.06. The number of halogens is 2. The SMILES string of the molecule is CCn1c(-c2ccc(Cl)c(S(N)(=O)=O)c2)cs/c1=N/c1ccccc1.Cl. The molecule has 2 N–H and O–H groups in total. The minimum atomic E-state index is -3.89. The van der Waals surface area contributed by atoms with Crippen LogP contribution in [0.2, 0.25) is 5.02 Å². The first kappa shape index (κ1) is 20.7. The summed E-state index contributed by atoms with van der Waals surface area (Å²) >= 11 is 7.46. The number of benzene rings is 2. The highest BCUT2D eigenvalue weighted by atomic mass is 35.5. The average molecular weight is 430 g/mol. The van der Waals surface area contributed by atoms with Crippen LogP contribution in [0.5, 0.6) is 0 Å². The van der Waals surface area contributed by atoms with Crippen molar-refractivity contribution in [3.63, 3.8) is 0 Å². The maximum Gasteiger partial charge on any atom is 0.239 e. The van der Waals surface area contributed by atoms with Crippen molar-refractivity contribution in [1.82, 2.24) is 4.57 Å². The number of hydrogen-bond donors (Lipinski definition) is 1. The van der Waals surface area contributed by atoms with Gasteiger partial charge in [0.25, 0.3) is 0 Å². The standard InChI is InChI=1S/C17H16ClN3O2S2.ClH/c1-2-21-15(11-24-17(21)20-13-6-4-3-5-7-13)12-8-9-14(18)16(10-12)25(19,22)23;/h3-11H,2H2,1H3,(H2,19,22,23);1H/b20-17+;. The molecule has 1 aromatic heterocycles. The topological polar surface area (TPSA) is 77.5 Å². The zero-order valence-corrected chi connectivity index (χ0v) is 17.0. The molecule has 0 radical (unpaired) electrons. The first-order chi connectivity index (χ1) is 11.9. The van der Waals surface area contributed by atoms with Gasteiger partial charge in [0.2, 0.25) is 10.0 Å². The van der Waals surface area contributed by atoms with Crippen LogP contribution in [-0.2, 0) is 16.6 Å². The molecule has 0 fully saturated rings. The molecule has 26 heavy (non-hydrogen) atoms. The van der Waals surface area contributed by atoms with Crippen molar-refractivity contribution in [2.45, 2.75) is 18.4 Å². The Morgan fingerprint density at radius 3 is 2.50 bits per heavy atom. The van der Waals surface area contributed by atoms with Crippen LogP contribution >= 0.6 is 35.3 Å². The molecule has 3 rings (SSSR count). The number of rotatable bonds is 4. The van der Waals surface area contributed by atoms with Crippen molar-refractivity contribution in [1.29, 1.82) is 0 Å². The third kappa shape index (κ3) is 4.36. The lowest BCUT2D eigenvalue weighted by atomic mass is 10.2. The van der Waals surface area contributed by atoms with Crippen molar-refractivity contribution < 1.29 is 8.42 Å². The lowest BCUT2D eigenvalue weighted by Gasteiger charge is -2.09. The molecule has 9 heteroatoms. The van der Waals surface area contributed by atoms with Gasteiger partial charge in [-0.15, -0.1) is 23.7 Å². The molecule has 0 saturated carbocycles. The van der Waals surface area contributed by atoms with Gasteiger partial charge < -0.3 is 4.57 Å². The van der Waals surface area contributed by atoms with Crippen molar-refractivity contribution in [3.05, 3.63) is 63.7 Å². The van der Waals surface area contributed by atoms with Gasteiger partial charge in [-0.2, -0.15) is 0 Å². The fourth-order valence-corrected chi connectivity index (χ4v) is 4.51. The first-order valence-corrected chi connectivity index (χ1v) is 10.3. The van der Waals surface area contributed by atoms with E-state index in [-0.39, 0.29) is 22.3 Å². The largest absolute Gasteiger partial charge is 0.317 e. The van der Waals surface area contributed by atoms with Crippen LogP contribution in [-0.4, -0.2) is 13.0 Å². The molecular formula is C17H17Cl2N3O2S2. The lowest BCUT2D eigenvalue weighted by Crippen LogP contribution is -2.15. The third-order valence-electron chi connectivity index (χ3n) is 3.63. The minimum Gasteiger partial charge on any atom is -0.317 e. The molecule has 3 aromatic rings. The minimum absolute atomic E-state index is 0. The monoisotopic (exact) mass is 429 g/mol. The van der Waals surface area contributed by atoms with E-state index >= 15 is 0 Å². The lowest BCUT2D eigenvalue weighted by molar-refractivity contribution is 0.598. The van der Waals surface area contributed by atoms with Crippen LogP contribution in [0.25, 0.3) is 11.3 Å². The predicted molar refractivity (Wildman–Crippen MR) is 109 cm³/mol. The second kappa shape index (κ2) is 8.37. The number of nitrogens with zero attached hydrogens (tertiary/aromatic N) is 2. The fourth-order valence-electron chi connectivity index (χ4n) is 2.45. The molecule has 0 aliphatic heterocycles. The number of aromatic nitrogens is 1. The predicted octanol–water partition coefficient (Wildman–Crippen LogP) is 4.19. The van der Waals surface area contributed by atoms with Crippen LogP contribution in [0.3, 0.4) is 0 Å². The fraction of sp³-hybridized carbons (Fsp3) is 0.118. The van der Waals surface area contributed by atoms with Gasteiger partial charge >= 0.3 is 0 Å². The highest BCUT2D eigenvalue weighted by molar-refractivity contribution is 7.89. The Balaban J connectivity index is 0.00000243. The molecule has 1 heterocycles. The van der Waals surface area contributed by atoms with E-state index in [9.17, 15) is 8.42 Å². The Morgan fingerprint density at radius 1 is 1.19 bits per heavy atom. The molecular weight excluding hydrogens is 413 g/mol. The Kier molecular flexibility index (Phi) is 6.65. The smallest absolute Gasteiger partial charge is 0.239 e. The quantitative estimate of drug-likeness (QED) is 0.674. The number of para-hydroxylation sites is 1. The van der Waals surface area contributed by atoms with Crippen LogP contribution in [0.4, 0.5) is 5.69 Å². The van der Waals surface area contributed by atoms with E-state index in [0.717, 1.165) is 21.7 Å². The van der Waals surface area contributed by atoms with Crippen molar-refractivity contribution in [2.24, 2.45) is 10.1 Å². The van der Waals surface area contributed by atoms with Gasteiger partial charge in [-0.25, -0.2) is 18.5 Å². The van der Waals surface area contributed by atoms with Gasteiger partial charge in [-0.1, -0.05) is 35.9 Å². The van der Waals surface area contributed by atoms with Gasteiger partial charge in [0.15, 0.2) is 4.80 Å². The molecule has 0 atom stereocenters. The zero-order chi connectivity index (χ0) is 18.0. The summed E-state index contributed by atoms with van der Waals surface area (Å²) in [5.74, 6) is 0. The van der Waals surface area contributed by atoms with Gasteiger partial charge in [0, 0.05) is 17.5 Å². The summed E-state index contributed by atoms with van der Waals surface area (Å²) in [6, 6.07) is 14.5. The van der Waals surface area contributed by atoms with E-state index in [4.69, 9.17) is 16.7 Å². The van der Waals surface area contributed by atoms with Gasteiger partial charge in [-0.05, 0) is 31.2 Å². The van der Waals surface area contributed by atoms with Crippen LogP contribution in [0, 0.1) is 0 Å². The van der Waals surface area contributed by atoms with Gasteiger partial charge in [-0.3, -0.25) is 0 Å². The Labute approximate surface area is 167 Å². The normalized spacial score (nSPS) is 12.0. The molecule has 0 spiro atoms. The molecule has 0 bridgehead atoms. The van der Waals surface area contributed by atoms with E-state index in [1.165, 1.54) is 17.4 Å².